The van der Waals surface area contributed by atoms with Gasteiger partial charge in [-0.05, 0) is 17.2 Å². The second-order valence-electron chi connectivity index (χ2n) is 6.08. The third-order valence-electron chi connectivity index (χ3n) is 4.35. The van der Waals surface area contributed by atoms with Gasteiger partial charge in [0, 0.05) is 18.2 Å². The zero-order valence-electron chi connectivity index (χ0n) is 14.8. The molecule has 0 aliphatic carbocycles. The topological polar surface area (TPSA) is 170 Å². The minimum atomic E-state index is -6.42. The highest BCUT2D eigenvalue weighted by Gasteiger charge is 2.73. The van der Waals surface area contributed by atoms with E-state index in [2.05, 4.69) is 0 Å². The smallest absolute Gasteiger partial charge is 0.411 e. The van der Waals surface area contributed by atoms with Crippen LogP contribution < -0.4 is 0 Å². The van der Waals surface area contributed by atoms with Crippen molar-refractivity contribution in [3.05, 3.63) is 71.8 Å². The van der Waals surface area contributed by atoms with E-state index in [-0.39, 0.29) is 30.3 Å². The first-order valence-electron chi connectivity index (χ1n) is 7.74. The predicted octanol–water partition coefficient (Wildman–Crippen LogP) is 4.23. The number of hydrogen-bond donors (Lipinski definition) is 2. The van der Waals surface area contributed by atoms with Crippen molar-refractivity contribution >= 4 is 17.1 Å². The van der Waals surface area contributed by atoms with Gasteiger partial charge in [-0.1, -0.05) is 6.07 Å². The second-order valence-corrected chi connectivity index (χ2v) is 6.08. The van der Waals surface area contributed by atoms with E-state index >= 15 is 0 Å². The Balaban J connectivity index is 3.18. The summed E-state index contributed by atoms with van der Waals surface area (Å²) in [5.41, 5.74) is -14.6. The Labute approximate surface area is 170 Å². The maximum absolute atomic E-state index is 14.1. The number of rotatable bonds is 5. The van der Waals surface area contributed by atoms with Gasteiger partial charge in [0.1, 0.15) is 0 Å². The van der Waals surface area contributed by atoms with E-state index in [4.69, 9.17) is 0 Å². The third kappa shape index (κ3) is 3.56. The van der Waals surface area contributed by atoms with Crippen LogP contribution >= 0.6 is 0 Å². The standard InChI is InChI=1S/C15H7F6N3O8/c16-14(17,18)13(15(19,20)21,6-1-2-11(25)8(3-6)22(27)28)7-4-9(23(29)30)12(26)10(5-7)24(31)32/h1-5,25-26H. The number of nitrogens with zero attached hydrogens (tertiary/aromatic N) is 3. The molecule has 0 amide bonds. The molecule has 0 fully saturated rings. The fourth-order valence-electron chi connectivity index (χ4n) is 2.98. The number of phenols is 2. The number of alkyl halides is 6. The zero-order valence-corrected chi connectivity index (χ0v) is 14.8. The van der Waals surface area contributed by atoms with Crippen LogP contribution in [0.4, 0.5) is 43.4 Å². The Bertz CT molecular complexity index is 1080. The third-order valence-corrected chi connectivity index (χ3v) is 4.35. The molecule has 0 unspecified atom stereocenters. The summed E-state index contributed by atoms with van der Waals surface area (Å²) in [6.07, 6.45) is -12.8. The summed E-state index contributed by atoms with van der Waals surface area (Å²) in [5.74, 6) is -3.10. The molecule has 0 spiro atoms. The van der Waals surface area contributed by atoms with Gasteiger partial charge in [0.2, 0.25) is 5.41 Å². The Hall–Kier alpha value is -4.18. The van der Waals surface area contributed by atoms with Gasteiger partial charge in [-0.3, -0.25) is 30.3 Å². The summed E-state index contributed by atoms with van der Waals surface area (Å²) in [5, 5.41) is 52.0. The molecule has 0 saturated heterocycles. The highest BCUT2D eigenvalue weighted by Crippen LogP contribution is 2.58. The lowest BCUT2D eigenvalue weighted by atomic mass is 9.72. The maximum atomic E-state index is 14.1. The molecule has 2 rings (SSSR count). The van der Waals surface area contributed by atoms with E-state index in [0.717, 1.165) is 0 Å². The lowest BCUT2D eigenvalue weighted by Gasteiger charge is -2.37. The number of halogens is 6. The van der Waals surface area contributed by atoms with Gasteiger partial charge in [-0.15, -0.1) is 0 Å². The average Bonchev–Trinajstić information content (AvgIpc) is 2.61. The van der Waals surface area contributed by atoms with Crippen molar-refractivity contribution in [3.8, 4) is 11.5 Å². The number of hydrogen-bond acceptors (Lipinski definition) is 8. The van der Waals surface area contributed by atoms with Gasteiger partial charge in [0.05, 0.1) is 14.8 Å². The van der Waals surface area contributed by atoms with E-state index in [1.54, 1.807) is 0 Å². The molecule has 32 heavy (non-hydrogen) atoms. The lowest BCUT2D eigenvalue weighted by molar-refractivity contribution is -0.396. The molecule has 2 aromatic carbocycles. The minimum Gasteiger partial charge on any atom is -0.502 e. The summed E-state index contributed by atoms with van der Waals surface area (Å²) >= 11 is 0. The molecule has 0 bridgehead atoms. The fraction of sp³-hybridized carbons (Fsp3) is 0.200. The molecule has 0 aromatic heterocycles. The van der Waals surface area contributed by atoms with Crippen LogP contribution in [0.2, 0.25) is 0 Å². The molecular weight excluding hydrogens is 464 g/mol. The Morgan fingerprint density at radius 1 is 0.656 bits per heavy atom. The van der Waals surface area contributed by atoms with E-state index in [0.29, 0.717) is 0 Å². The van der Waals surface area contributed by atoms with Crippen LogP contribution in [-0.2, 0) is 5.41 Å². The van der Waals surface area contributed by atoms with Crippen LogP contribution in [0.3, 0.4) is 0 Å². The number of aromatic hydroxyl groups is 2. The van der Waals surface area contributed by atoms with Crippen molar-refractivity contribution < 1.29 is 51.3 Å². The number of benzene rings is 2. The van der Waals surface area contributed by atoms with Gasteiger partial charge < -0.3 is 10.2 Å². The monoisotopic (exact) mass is 471 g/mol. The Kier molecular flexibility index (Phi) is 5.65. The molecule has 0 radical (unpaired) electrons. The molecular formula is C15H7F6N3O8. The van der Waals surface area contributed by atoms with Crippen LogP contribution in [0.25, 0.3) is 0 Å². The Morgan fingerprint density at radius 3 is 1.38 bits per heavy atom. The number of nitro benzene ring substituents is 3. The van der Waals surface area contributed by atoms with Crippen LogP contribution in [0.1, 0.15) is 11.1 Å². The number of phenolic OH excluding ortho intramolecular Hbond substituents is 2. The van der Waals surface area contributed by atoms with E-state index in [9.17, 15) is 66.9 Å². The molecule has 0 saturated carbocycles. The highest BCUT2D eigenvalue weighted by molar-refractivity contribution is 5.65. The lowest BCUT2D eigenvalue weighted by Crippen LogP contribution is -2.54. The van der Waals surface area contributed by atoms with Gasteiger partial charge in [0.15, 0.2) is 5.75 Å². The highest BCUT2D eigenvalue weighted by atomic mass is 19.4. The van der Waals surface area contributed by atoms with Crippen LogP contribution in [0.5, 0.6) is 11.5 Å². The first-order chi connectivity index (χ1) is 14.5. The quantitative estimate of drug-likeness (QED) is 0.371. The maximum Gasteiger partial charge on any atom is 0.411 e. The Morgan fingerprint density at radius 2 is 1.03 bits per heavy atom. The summed E-state index contributed by atoms with van der Waals surface area (Å²) in [6.45, 7) is 0. The number of nitro groups is 3. The van der Waals surface area contributed by atoms with E-state index in [1.807, 2.05) is 0 Å². The molecule has 0 aliphatic rings. The molecule has 2 aromatic rings. The van der Waals surface area contributed by atoms with Crippen molar-refractivity contribution in [1.82, 2.24) is 0 Å². The summed E-state index contributed by atoms with van der Waals surface area (Å²) in [4.78, 5) is 28.2. The fourth-order valence-corrected chi connectivity index (χ4v) is 2.98. The zero-order chi connectivity index (χ0) is 24.8. The molecule has 0 aliphatic heterocycles. The van der Waals surface area contributed by atoms with Crippen molar-refractivity contribution in [1.29, 1.82) is 0 Å². The average molecular weight is 471 g/mol. The second kappa shape index (κ2) is 7.50. The molecule has 0 atom stereocenters. The van der Waals surface area contributed by atoms with Crippen LogP contribution in [0.15, 0.2) is 30.3 Å². The molecule has 172 valence electrons. The first kappa shape index (κ1) is 24.1. The van der Waals surface area contributed by atoms with E-state index in [1.165, 1.54) is 0 Å². The van der Waals surface area contributed by atoms with Crippen molar-refractivity contribution in [3.63, 3.8) is 0 Å². The van der Waals surface area contributed by atoms with Crippen molar-refractivity contribution in [2.75, 3.05) is 0 Å². The van der Waals surface area contributed by atoms with Gasteiger partial charge in [0.25, 0.3) is 5.75 Å². The van der Waals surface area contributed by atoms with Crippen molar-refractivity contribution in [2.45, 2.75) is 17.8 Å². The van der Waals surface area contributed by atoms with Crippen LogP contribution in [0, 0.1) is 30.3 Å². The molecule has 11 nitrogen and oxygen atoms in total. The molecule has 17 heteroatoms. The van der Waals surface area contributed by atoms with Gasteiger partial charge in [-0.25, -0.2) is 0 Å². The van der Waals surface area contributed by atoms with Gasteiger partial charge in [-0.2, -0.15) is 26.3 Å². The summed E-state index contributed by atoms with van der Waals surface area (Å²) in [7, 11) is 0. The molecule has 2 N–H and O–H groups in total. The first-order valence-corrected chi connectivity index (χ1v) is 7.74. The normalized spacial score (nSPS) is 12.4. The van der Waals surface area contributed by atoms with Crippen molar-refractivity contribution in [2.24, 2.45) is 0 Å². The minimum absolute atomic E-state index is 0.0217. The molecule has 0 heterocycles. The SMILES string of the molecule is O=[N+]([O-])c1cc(C(c2cc([N+](=O)[O-])c(O)c([N+](=O)[O-])c2)(C(F)(F)F)C(F)(F)F)ccc1O. The van der Waals surface area contributed by atoms with Gasteiger partial charge >= 0.3 is 29.4 Å². The largest absolute Gasteiger partial charge is 0.502 e. The van der Waals surface area contributed by atoms with Crippen LogP contribution in [-0.4, -0.2) is 37.3 Å². The summed E-state index contributed by atoms with van der Waals surface area (Å²) < 4.78 is 84.5. The summed E-state index contributed by atoms with van der Waals surface area (Å²) in [6, 6.07) is -0.832. The predicted molar refractivity (Wildman–Crippen MR) is 89.1 cm³/mol. The van der Waals surface area contributed by atoms with E-state index < -0.39 is 72.2 Å².